The van der Waals surface area contributed by atoms with Crippen molar-refractivity contribution in [3.63, 3.8) is 0 Å². The number of rotatable bonds is 2. The highest BCUT2D eigenvalue weighted by Gasteiger charge is 2.37. The summed E-state index contributed by atoms with van der Waals surface area (Å²) in [5.41, 5.74) is 6.61. The van der Waals surface area contributed by atoms with Gasteiger partial charge in [0.1, 0.15) is 0 Å². The molecule has 1 aromatic carbocycles. The van der Waals surface area contributed by atoms with E-state index in [-0.39, 0.29) is 44.1 Å². The van der Waals surface area contributed by atoms with E-state index in [9.17, 15) is 13.6 Å². The number of anilines is 1. The Labute approximate surface area is 122 Å². The molecular weight excluding hydrogens is 274 g/mol. The van der Waals surface area contributed by atoms with Gasteiger partial charge >= 0.3 is 0 Å². The lowest BCUT2D eigenvalue weighted by Gasteiger charge is -2.27. The first-order chi connectivity index (χ1) is 10.0. The maximum absolute atomic E-state index is 13.1. The Morgan fingerprint density at radius 1 is 1.33 bits per heavy atom. The predicted molar refractivity (Wildman–Crippen MR) is 77.9 cm³/mol. The molecule has 0 aliphatic heterocycles. The highest BCUT2D eigenvalue weighted by molar-refractivity contribution is 5.93. The molecule has 0 unspecified atom stereocenters. The fourth-order valence-corrected chi connectivity index (χ4v) is 2.38. The van der Waals surface area contributed by atoms with Gasteiger partial charge in [-0.15, -0.1) is 0 Å². The molecule has 0 atom stereocenters. The normalized spacial score (nSPS) is 17.7. The molecule has 112 valence electrons. The Morgan fingerprint density at radius 2 is 2.00 bits per heavy atom. The Morgan fingerprint density at radius 3 is 2.67 bits per heavy atom. The van der Waals surface area contributed by atoms with Crippen LogP contribution in [0.1, 0.15) is 31.2 Å². The molecule has 0 spiro atoms. The minimum Gasteiger partial charge on any atom is -0.325 e. The zero-order chi connectivity index (χ0) is 15.3. The number of alkyl halides is 2. The predicted octanol–water partition coefficient (Wildman–Crippen LogP) is 2.76. The molecule has 3 N–H and O–H groups in total. The summed E-state index contributed by atoms with van der Waals surface area (Å²) in [5, 5.41) is 2.79. The van der Waals surface area contributed by atoms with Crippen molar-refractivity contribution >= 4 is 11.6 Å². The average Bonchev–Trinajstić information content (AvgIpc) is 2.46. The SMILES string of the molecule is NCC#Cc1ccccc1NC(=O)C1CCC(F)(F)CC1. The number of nitrogens with one attached hydrogen (secondary N) is 1. The third kappa shape index (κ3) is 4.27. The van der Waals surface area contributed by atoms with Crippen LogP contribution in [0.5, 0.6) is 0 Å². The molecule has 0 heterocycles. The van der Waals surface area contributed by atoms with Gasteiger partial charge in [0.15, 0.2) is 0 Å². The topological polar surface area (TPSA) is 55.1 Å². The van der Waals surface area contributed by atoms with Crippen LogP contribution in [0.3, 0.4) is 0 Å². The minimum absolute atomic E-state index is 0.215. The van der Waals surface area contributed by atoms with Crippen LogP contribution >= 0.6 is 0 Å². The van der Waals surface area contributed by atoms with Crippen LogP contribution < -0.4 is 11.1 Å². The first kappa shape index (κ1) is 15.5. The van der Waals surface area contributed by atoms with Gasteiger partial charge in [-0.1, -0.05) is 24.0 Å². The van der Waals surface area contributed by atoms with Gasteiger partial charge in [-0.25, -0.2) is 8.78 Å². The largest absolute Gasteiger partial charge is 0.325 e. The molecule has 2 rings (SSSR count). The monoisotopic (exact) mass is 292 g/mol. The van der Waals surface area contributed by atoms with Crippen LogP contribution in [0.4, 0.5) is 14.5 Å². The molecule has 1 aliphatic rings. The highest BCUT2D eigenvalue weighted by Crippen LogP contribution is 2.36. The van der Waals surface area contributed by atoms with Crippen molar-refractivity contribution in [2.24, 2.45) is 11.7 Å². The number of halogens is 2. The lowest BCUT2D eigenvalue weighted by atomic mass is 9.86. The summed E-state index contributed by atoms with van der Waals surface area (Å²) in [5.74, 6) is 2.42. The van der Waals surface area contributed by atoms with Crippen LogP contribution in [0.2, 0.25) is 0 Å². The summed E-state index contributed by atoms with van der Waals surface area (Å²) in [7, 11) is 0. The third-order valence-electron chi connectivity index (χ3n) is 3.60. The standard InChI is InChI=1S/C16H18F2N2O/c17-16(18)9-7-13(8-10-16)15(21)20-14-6-2-1-4-12(14)5-3-11-19/h1-2,4,6,13H,7-11,19H2,(H,20,21). The molecule has 3 nitrogen and oxygen atoms in total. The summed E-state index contributed by atoms with van der Waals surface area (Å²) >= 11 is 0. The number of carbonyl (C=O) groups is 1. The maximum atomic E-state index is 13.1. The van der Waals surface area contributed by atoms with Gasteiger partial charge in [0.2, 0.25) is 11.8 Å². The van der Waals surface area contributed by atoms with Crippen LogP contribution in [-0.4, -0.2) is 18.4 Å². The third-order valence-corrected chi connectivity index (χ3v) is 3.60. The van der Waals surface area contributed by atoms with E-state index in [1.807, 2.05) is 6.07 Å². The molecule has 1 saturated carbocycles. The Balaban J connectivity index is 2.03. The van der Waals surface area contributed by atoms with Crippen molar-refractivity contribution in [3.8, 4) is 11.8 Å². The van der Waals surface area contributed by atoms with Crippen molar-refractivity contribution in [1.29, 1.82) is 0 Å². The van der Waals surface area contributed by atoms with E-state index in [0.29, 0.717) is 11.3 Å². The first-order valence-electron chi connectivity index (χ1n) is 6.98. The van der Waals surface area contributed by atoms with E-state index in [2.05, 4.69) is 17.2 Å². The van der Waals surface area contributed by atoms with Crippen LogP contribution in [0.25, 0.3) is 0 Å². The van der Waals surface area contributed by atoms with Gasteiger partial charge in [0.25, 0.3) is 0 Å². The summed E-state index contributed by atoms with van der Waals surface area (Å²) in [6.07, 6.45) is -0.00954. The zero-order valence-corrected chi connectivity index (χ0v) is 11.7. The van der Waals surface area contributed by atoms with Gasteiger partial charge in [0.05, 0.1) is 12.2 Å². The van der Waals surface area contributed by atoms with Gasteiger partial charge in [-0.05, 0) is 25.0 Å². The molecule has 0 bridgehead atoms. The van der Waals surface area contributed by atoms with Gasteiger partial charge < -0.3 is 11.1 Å². The molecule has 1 fully saturated rings. The van der Waals surface area contributed by atoms with Crippen LogP contribution in [0.15, 0.2) is 24.3 Å². The fourth-order valence-electron chi connectivity index (χ4n) is 2.38. The van der Waals surface area contributed by atoms with E-state index >= 15 is 0 Å². The maximum Gasteiger partial charge on any atom is 0.248 e. The number of hydrogen-bond donors (Lipinski definition) is 2. The second-order valence-electron chi connectivity index (χ2n) is 5.17. The Bertz CT molecular complexity index is 565. The molecule has 1 amide bonds. The van der Waals surface area contributed by atoms with E-state index in [0.717, 1.165) is 0 Å². The number of nitrogens with two attached hydrogens (primary N) is 1. The summed E-state index contributed by atoms with van der Waals surface area (Å²) in [6, 6.07) is 7.14. The number of hydrogen-bond acceptors (Lipinski definition) is 2. The molecule has 1 aromatic rings. The smallest absolute Gasteiger partial charge is 0.248 e. The van der Waals surface area contributed by atoms with E-state index in [1.54, 1.807) is 18.2 Å². The summed E-state index contributed by atoms with van der Waals surface area (Å²) < 4.78 is 26.2. The summed E-state index contributed by atoms with van der Waals surface area (Å²) in [4.78, 5) is 12.2. The number of amides is 1. The molecule has 1 aliphatic carbocycles. The molecule has 5 heteroatoms. The molecule has 21 heavy (non-hydrogen) atoms. The summed E-state index contributed by atoms with van der Waals surface area (Å²) in [6.45, 7) is 0.236. The molecular formula is C16H18F2N2O. The zero-order valence-electron chi connectivity index (χ0n) is 11.7. The lowest BCUT2D eigenvalue weighted by Crippen LogP contribution is -2.31. The fraction of sp³-hybridized carbons (Fsp3) is 0.438. The minimum atomic E-state index is -2.62. The Kier molecular flexibility index (Phi) is 4.92. The van der Waals surface area contributed by atoms with E-state index in [1.165, 1.54) is 0 Å². The highest BCUT2D eigenvalue weighted by atomic mass is 19.3. The molecule has 0 aromatic heterocycles. The van der Waals surface area contributed by atoms with Crippen LogP contribution in [-0.2, 0) is 4.79 Å². The second kappa shape index (κ2) is 6.68. The number of benzene rings is 1. The van der Waals surface area contributed by atoms with Crippen molar-refractivity contribution in [2.45, 2.75) is 31.6 Å². The Hall–Kier alpha value is -1.93. The number of carbonyl (C=O) groups excluding carboxylic acids is 1. The van der Waals surface area contributed by atoms with E-state index < -0.39 is 5.92 Å². The lowest BCUT2D eigenvalue weighted by molar-refractivity contribution is -0.124. The van der Waals surface area contributed by atoms with Crippen molar-refractivity contribution in [3.05, 3.63) is 29.8 Å². The number of para-hydroxylation sites is 1. The van der Waals surface area contributed by atoms with E-state index in [4.69, 9.17) is 5.73 Å². The van der Waals surface area contributed by atoms with Crippen molar-refractivity contribution < 1.29 is 13.6 Å². The average molecular weight is 292 g/mol. The first-order valence-corrected chi connectivity index (χ1v) is 6.98. The van der Waals surface area contributed by atoms with Crippen LogP contribution in [0, 0.1) is 17.8 Å². The van der Waals surface area contributed by atoms with Crippen molar-refractivity contribution in [1.82, 2.24) is 0 Å². The second-order valence-corrected chi connectivity index (χ2v) is 5.17. The van der Waals surface area contributed by atoms with Gasteiger partial charge in [0, 0.05) is 24.3 Å². The molecule has 0 radical (unpaired) electrons. The quantitative estimate of drug-likeness (QED) is 0.824. The van der Waals surface area contributed by atoms with Gasteiger partial charge in [-0.2, -0.15) is 0 Å². The van der Waals surface area contributed by atoms with Crippen molar-refractivity contribution in [2.75, 3.05) is 11.9 Å². The molecule has 0 saturated heterocycles. The van der Waals surface area contributed by atoms with Gasteiger partial charge in [-0.3, -0.25) is 4.79 Å².